The lowest BCUT2D eigenvalue weighted by molar-refractivity contribution is -0.150. The molecule has 0 spiro atoms. The van der Waals surface area contributed by atoms with Crippen LogP contribution in [0.15, 0.2) is 22.6 Å². The molecule has 6 nitrogen and oxygen atoms in total. The average Bonchev–Trinajstić information content (AvgIpc) is 2.82. The highest BCUT2D eigenvalue weighted by Crippen LogP contribution is 2.30. The number of ether oxygens (including phenoxy) is 3. The Balaban J connectivity index is 2.33. The van der Waals surface area contributed by atoms with Crippen LogP contribution in [0.2, 0.25) is 0 Å². The van der Waals surface area contributed by atoms with Crippen molar-refractivity contribution in [3.05, 3.63) is 29.5 Å². The number of rotatable bonds is 5. The molecule has 0 aliphatic carbocycles. The van der Waals surface area contributed by atoms with Gasteiger partial charge in [0.15, 0.2) is 6.10 Å². The normalized spacial score (nSPS) is 12.0. The molecule has 1 aromatic carbocycles. The van der Waals surface area contributed by atoms with Crippen molar-refractivity contribution in [3.8, 4) is 5.75 Å². The smallest absolute Gasteiger partial charge is 0.347 e. The highest BCUT2D eigenvalue weighted by Gasteiger charge is 2.21. The maximum atomic E-state index is 11.8. The number of methoxy groups -OCH3 is 1. The fourth-order valence-electron chi connectivity index (χ4n) is 2.14. The predicted octanol–water partition coefficient (Wildman–Crippen LogP) is 2.86. The van der Waals surface area contributed by atoms with Crippen LogP contribution in [0.25, 0.3) is 11.0 Å². The number of carbonyl (C=O) groups excluding carboxylic acids is 2. The van der Waals surface area contributed by atoms with Crippen LogP contribution >= 0.6 is 0 Å². The molecule has 118 valence electrons. The molecule has 2 rings (SSSR count). The first kappa shape index (κ1) is 15.9. The molecule has 0 saturated heterocycles. The van der Waals surface area contributed by atoms with Crippen molar-refractivity contribution >= 4 is 22.9 Å². The summed E-state index contributed by atoms with van der Waals surface area (Å²) in [5, 5.41) is 0.581. The fraction of sp³-hybridized carbons (Fsp3) is 0.375. The van der Waals surface area contributed by atoms with E-state index in [2.05, 4.69) is 0 Å². The molecule has 0 N–H and O–H groups in total. The van der Waals surface area contributed by atoms with Gasteiger partial charge >= 0.3 is 11.9 Å². The molecule has 2 aromatic rings. The molecule has 0 saturated carbocycles. The first-order valence-corrected chi connectivity index (χ1v) is 6.92. The van der Waals surface area contributed by atoms with Crippen molar-refractivity contribution in [2.75, 3.05) is 13.7 Å². The average molecular weight is 306 g/mol. The van der Waals surface area contributed by atoms with Crippen molar-refractivity contribution < 1.29 is 28.2 Å². The molecule has 0 amide bonds. The van der Waals surface area contributed by atoms with E-state index < -0.39 is 18.0 Å². The number of furan rings is 1. The third kappa shape index (κ3) is 3.05. The SMILES string of the molecule is CCOC(=O)C(C)Oc1ccc2oc(C)c(C(=O)OC)c2c1. The van der Waals surface area contributed by atoms with Gasteiger partial charge in [-0.05, 0) is 39.0 Å². The minimum absolute atomic E-state index is 0.291. The van der Waals surface area contributed by atoms with E-state index in [4.69, 9.17) is 18.6 Å². The number of esters is 2. The minimum atomic E-state index is -0.744. The molecule has 0 aliphatic heterocycles. The zero-order chi connectivity index (χ0) is 16.3. The second-order valence-electron chi connectivity index (χ2n) is 4.69. The Morgan fingerprint density at radius 3 is 2.68 bits per heavy atom. The van der Waals surface area contributed by atoms with Crippen LogP contribution in [-0.2, 0) is 14.3 Å². The molecule has 1 atom stereocenters. The van der Waals surface area contributed by atoms with Crippen molar-refractivity contribution in [2.45, 2.75) is 26.9 Å². The Morgan fingerprint density at radius 1 is 1.32 bits per heavy atom. The van der Waals surface area contributed by atoms with Gasteiger partial charge in [-0.15, -0.1) is 0 Å². The second-order valence-corrected chi connectivity index (χ2v) is 4.69. The third-order valence-electron chi connectivity index (χ3n) is 3.16. The largest absolute Gasteiger partial charge is 0.479 e. The topological polar surface area (TPSA) is 75.0 Å². The van der Waals surface area contributed by atoms with Crippen molar-refractivity contribution in [1.82, 2.24) is 0 Å². The van der Waals surface area contributed by atoms with E-state index in [9.17, 15) is 9.59 Å². The Kier molecular flexibility index (Phi) is 4.70. The van der Waals surface area contributed by atoms with E-state index in [0.717, 1.165) is 0 Å². The van der Waals surface area contributed by atoms with Crippen molar-refractivity contribution in [2.24, 2.45) is 0 Å². The quantitative estimate of drug-likeness (QED) is 0.791. The van der Waals surface area contributed by atoms with Crippen molar-refractivity contribution in [1.29, 1.82) is 0 Å². The van der Waals surface area contributed by atoms with Gasteiger partial charge in [0.05, 0.1) is 13.7 Å². The van der Waals surface area contributed by atoms with Crippen LogP contribution in [0, 0.1) is 6.92 Å². The summed E-state index contributed by atoms with van der Waals surface area (Å²) in [6, 6.07) is 5.00. The molecule has 0 aliphatic rings. The van der Waals surface area contributed by atoms with E-state index in [-0.39, 0.29) is 0 Å². The maximum Gasteiger partial charge on any atom is 0.347 e. The fourth-order valence-corrected chi connectivity index (χ4v) is 2.14. The Morgan fingerprint density at radius 2 is 2.05 bits per heavy atom. The molecule has 0 radical (unpaired) electrons. The van der Waals surface area contributed by atoms with Crippen LogP contribution in [-0.4, -0.2) is 31.8 Å². The highest BCUT2D eigenvalue weighted by atomic mass is 16.6. The van der Waals surface area contributed by atoms with Crippen LogP contribution in [0.4, 0.5) is 0 Å². The van der Waals surface area contributed by atoms with E-state index >= 15 is 0 Å². The Bertz CT molecular complexity index is 700. The molecular weight excluding hydrogens is 288 g/mol. The molecule has 22 heavy (non-hydrogen) atoms. The van der Waals surface area contributed by atoms with Gasteiger partial charge in [-0.2, -0.15) is 0 Å². The summed E-state index contributed by atoms with van der Waals surface area (Å²) in [4.78, 5) is 23.4. The number of hydrogen-bond acceptors (Lipinski definition) is 6. The summed E-state index contributed by atoms with van der Waals surface area (Å²) >= 11 is 0. The molecular formula is C16H18O6. The van der Waals surface area contributed by atoms with E-state index in [1.54, 1.807) is 39.0 Å². The Hall–Kier alpha value is -2.50. The van der Waals surface area contributed by atoms with Crippen LogP contribution in [0.3, 0.4) is 0 Å². The number of fused-ring (bicyclic) bond motifs is 1. The molecule has 1 aromatic heterocycles. The minimum Gasteiger partial charge on any atom is -0.479 e. The number of carbonyl (C=O) groups is 2. The summed E-state index contributed by atoms with van der Waals surface area (Å²) in [5.41, 5.74) is 0.903. The Labute approximate surface area is 127 Å². The summed E-state index contributed by atoms with van der Waals surface area (Å²) in [7, 11) is 1.31. The lowest BCUT2D eigenvalue weighted by Gasteiger charge is -2.13. The molecule has 6 heteroatoms. The monoisotopic (exact) mass is 306 g/mol. The lowest BCUT2D eigenvalue weighted by atomic mass is 10.1. The summed E-state index contributed by atoms with van der Waals surface area (Å²) < 4.78 is 20.7. The summed E-state index contributed by atoms with van der Waals surface area (Å²) in [6.45, 7) is 5.31. The molecule has 1 unspecified atom stereocenters. The number of aryl methyl sites for hydroxylation is 1. The predicted molar refractivity (Wildman–Crippen MR) is 79.0 cm³/mol. The third-order valence-corrected chi connectivity index (χ3v) is 3.16. The van der Waals surface area contributed by atoms with Gasteiger partial charge in [0.1, 0.15) is 22.7 Å². The van der Waals surface area contributed by atoms with Gasteiger partial charge in [0.25, 0.3) is 0 Å². The van der Waals surface area contributed by atoms with Crippen LogP contribution < -0.4 is 4.74 Å². The summed E-state index contributed by atoms with van der Waals surface area (Å²) in [6.07, 6.45) is -0.744. The molecule has 0 bridgehead atoms. The van der Waals surface area contributed by atoms with Crippen LogP contribution in [0.1, 0.15) is 30.0 Å². The van der Waals surface area contributed by atoms with Crippen LogP contribution in [0.5, 0.6) is 5.75 Å². The number of hydrogen-bond donors (Lipinski definition) is 0. The number of benzene rings is 1. The maximum absolute atomic E-state index is 11.8. The van der Waals surface area contributed by atoms with Crippen molar-refractivity contribution in [3.63, 3.8) is 0 Å². The molecule has 1 heterocycles. The van der Waals surface area contributed by atoms with E-state index in [1.807, 2.05) is 0 Å². The summed E-state index contributed by atoms with van der Waals surface area (Å²) in [5.74, 6) is -0.0116. The lowest BCUT2D eigenvalue weighted by Crippen LogP contribution is -2.26. The first-order valence-electron chi connectivity index (χ1n) is 6.92. The van der Waals surface area contributed by atoms with E-state index in [1.165, 1.54) is 7.11 Å². The first-order chi connectivity index (χ1) is 10.5. The zero-order valence-corrected chi connectivity index (χ0v) is 13.0. The standard InChI is InChI=1S/C16H18O6/c1-5-20-15(17)10(3)21-11-6-7-13-12(8-11)14(9(2)22-13)16(18)19-4/h6-8,10H,5H2,1-4H3. The van der Waals surface area contributed by atoms with Gasteiger partial charge < -0.3 is 18.6 Å². The highest BCUT2D eigenvalue weighted by molar-refractivity contribution is 6.04. The van der Waals surface area contributed by atoms with E-state index in [0.29, 0.717) is 34.6 Å². The van der Waals surface area contributed by atoms with Gasteiger partial charge in [-0.25, -0.2) is 9.59 Å². The molecule has 0 fully saturated rings. The zero-order valence-electron chi connectivity index (χ0n) is 13.0. The van der Waals surface area contributed by atoms with Gasteiger partial charge in [-0.3, -0.25) is 0 Å². The van der Waals surface area contributed by atoms with Gasteiger partial charge in [-0.1, -0.05) is 0 Å². The van der Waals surface area contributed by atoms with Gasteiger partial charge in [0, 0.05) is 5.39 Å². The van der Waals surface area contributed by atoms with Gasteiger partial charge in [0.2, 0.25) is 0 Å². The second kappa shape index (κ2) is 6.51.